The standard InChI is InChI=1S/C20H22N2O4S2/c1-15-6-8-18(9-7-15)28(23,24)22(14-17-4-2-10-25-17)13-16-12-19(26-21-16)20-5-3-11-27-20/h3,5-9,11-12,17H,2,4,10,13-14H2,1H3/t17-/m0/s1. The summed E-state index contributed by atoms with van der Waals surface area (Å²) in [5.41, 5.74) is 1.60. The highest BCUT2D eigenvalue weighted by Gasteiger charge is 2.30. The molecule has 0 aliphatic carbocycles. The average molecular weight is 419 g/mol. The summed E-state index contributed by atoms with van der Waals surface area (Å²) in [6.07, 6.45) is 1.72. The third-order valence-electron chi connectivity index (χ3n) is 4.75. The largest absolute Gasteiger partial charge is 0.377 e. The van der Waals surface area contributed by atoms with Crippen LogP contribution in [0.3, 0.4) is 0 Å². The fraction of sp³-hybridized carbons (Fsp3) is 0.350. The summed E-state index contributed by atoms with van der Waals surface area (Å²) in [6, 6.07) is 12.6. The lowest BCUT2D eigenvalue weighted by molar-refractivity contribution is 0.0922. The Kier molecular flexibility index (Phi) is 5.63. The fourth-order valence-electron chi connectivity index (χ4n) is 3.22. The highest BCUT2D eigenvalue weighted by atomic mass is 32.2. The fourth-order valence-corrected chi connectivity index (χ4v) is 5.34. The van der Waals surface area contributed by atoms with Crippen molar-refractivity contribution >= 4 is 21.4 Å². The number of aromatic nitrogens is 1. The van der Waals surface area contributed by atoms with Crippen LogP contribution in [0.25, 0.3) is 10.6 Å². The van der Waals surface area contributed by atoms with Gasteiger partial charge in [-0.05, 0) is 43.3 Å². The number of sulfonamides is 1. The first-order valence-corrected chi connectivity index (χ1v) is 11.5. The quantitative estimate of drug-likeness (QED) is 0.578. The normalized spacial score (nSPS) is 17.4. The van der Waals surface area contributed by atoms with Crippen LogP contribution in [0.1, 0.15) is 24.1 Å². The van der Waals surface area contributed by atoms with Crippen molar-refractivity contribution in [1.29, 1.82) is 0 Å². The number of hydrogen-bond donors (Lipinski definition) is 0. The van der Waals surface area contributed by atoms with Crippen molar-refractivity contribution in [2.45, 2.75) is 37.3 Å². The molecule has 0 unspecified atom stereocenters. The van der Waals surface area contributed by atoms with E-state index in [1.54, 1.807) is 29.5 Å². The van der Waals surface area contributed by atoms with E-state index in [2.05, 4.69) is 5.16 Å². The Labute approximate surface area is 168 Å². The molecule has 0 N–H and O–H groups in total. The summed E-state index contributed by atoms with van der Waals surface area (Å²) in [5.74, 6) is 0.648. The van der Waals surface area contributed by atoms with Gasteiger partial charge in [-0.2, -0.15) is 4.31 Å². The Morgan fingerprint density at radius 1 is 1.25 bits per heavy atom. The highest BCUT2D eigenvalue weighted by Crippen LogP contribution is 2.27. The lowest BCUT2D eigenvalue weighted by Gasteiger charge is -2.24. The molecule has 1 aliphatic rings. The zero-order valence-corrected chi connectivity index (χ0v) is 17.2. The van der Waals surface area contributed by atoms with E-state index >= 15 is 0 Å². The number of hydrogen-bond acceptors (Lipinski definition) is 6. The summed E-state index contributed by atoms with van der Waals surface area (Å²) in [5, 5.41) is 6.05. The van der Waals surface area contributed by atoms with Gasteiger partial charge in [0.05, 0.1) is 28.1 Å². The number of thiophene rings is 1. The maximum Gasteiger partial charge on any atom is 0.243 e. The van der Waals surface area contributed by atoms with Crippen molar-refractivity contribution < 1.29 is 17.7 Å². The maximum absolute atomic E-state index is 13.3. The Hall–Kier alpha value is -2.00. The Balaban J connectivity index is 1.60. The second-order valence-corrected chi connectivity index (χ2v) is 9.79. The molecule has 1 saturated heterocycles. The zero-order chi connectivity index (χ0) is 19.6. The predicted molar refractivity (Wildman–Crippen MR) is 108 cm³/mol. The Morgan fingerprint density at radius 3 is 2.75 bits per heavy atom. The van der Waals surface area contributed by atoms with Crippen molar-refractivity contribution in [1.82, 2.24) is 9.46 Å². The first-order valence-electron chi connectivity index (χ1n) is 9.20. The molecular formula is C20H22N2O4S2. The number of aryl methyl sites for hydroxylation is 1. The average Bonchev–Trinajstić information content (AvgIpc) is 3.44. The molecule has 0 radical (unpaired) electrons. The second kappa shape index (κ2) is 8.16. The van der Waals surface area contributed by atoms with Crippen LogP contribution in [0, 0.1) is 6.92 Å². The predicted octanol–water partition coefficient (Wildman–Crippen LogP) is 4.08. The van der Waals surface area contributed by atoms with Crippen molar-refractivity contribution in [3.63, 3.8) is 0 Å². The molecule has 2 aromatic heterocycles. The number of nitrogens with zero attached hydrogens (tertiary/aromatic N) is 2. The van der Waals surface area contributed by atoms with Gasteiger partial charge in [0, 0.05) is 19.2 Å². The van der Waals surface area contributed by atoms with Gasteiger partial charge in [-0.1, -0.05) is 28.9 Å². The molecule has 1 aliphatic heterocycles. The molecular weight excluding hydrogens is 396 g/mol. The van der Waals surface area contributed by atoms with Gasteiger partial charge in [0.25, 0.3) is 0 Å². The van der Waals surface area contributed by atoms with Crippen molar-refractivity contribution in [3.05, 3.63) is 59.1 Å². The van der Waals surface area contributed by atoms with Crippen LogP contribution in [0.5, 0.6) is 0 Å². The summed E-state index contributed by atoms with van der Waals surface area (Å²) in [7, 11) is -3.67. The minimum absolute atomic E-state index is 0.0936. The topological polar surface area (TPSA) is 72.6 Å². The first kappa shape index (κ1) is 19.3. The SMILES string of the molecule is Cc1ccc(S(=O)(=O)N(Cc2cc(-c3cccs3)on2)C[C@@H]2CCCO2)cc1. The van der Waals surface area contributed by atoms with Crippen LogP contribution in [-0.4, -0.2) is 37.1 Å². The van der Waals surface area contributed by atoms with Gasteiger partial charge in [-0.15, -0.1) is 11.3 Å². The van der Waals surface area contributed by atoms with Gasteiger partial charge in [-0.25, -0.2) is 8.42 Å². The Bertz CT molecular complexity index is 1000. The van der Waals surface area contributed by atoms with Crippen molar-refractivity contribution in [2.75, 3.05) is 13.2 Å². The molecule has 1 fully saturated rings. The molecule has 8 heteroatoms. The number of rotatable bonds is 7. The number of ether oxygens (including phenoxy) is 1. The lowest BCUT2D eigenvalue weighted by Crippen LogP contribution is -2.37. The summed E-state index contributed by atoms with van der Waals surface area (Å²) in [6.45, 7) is 3.06. The minimum Gasteiger partial charge on any atom is -0.377 e. The van der Waals surface area contributed by atoms with Crippen LogP contribution < -0.4 is 0 Å². The monoisotopic (exact) mass is 418 g/mol. The highest BCUT2D eigenvalue weighted by molar-refractivity contribution is 7.89. The molecule has 3 heterocycles. The Morgan fingerprint density at radius 2 is 2.07 bits per heavy atom. The van der Waals surface area contributed by atoms with Crippen molar-refractivity contribution in [2.24, 2.45) is 0 Å². The molecule has 148 valence electrons. The van der Waals surface area contributed by atoms with Crippen LogP contribution >= 0.6 is 11.3 Å². The molecule has 0 saturated carbocycles. The maximum atomic E-state index is 13.3. The molecule has 28 heavy (non-hydrogen) atoms. The zero-order valence-electron chi connectivity index (χ0n) is 15.6. The van der Waals surface area contributed by atoms with E-state index in [9.17, 15) is 8.42 Å². The molecule has 0 amide bonds. The molecule has 0 spiro atoms. The van der Waals surface area contributed by atoms with E-state index in [-0.39, 0.29) is 17.5 Å². The van der Waals surface area contributed by atoms with Crippen LogP contribution in [0.4, 0.5) is 0 Å². The molecule has 3 aromatic rings. The molecule has 6 nitrogen and oxygen atoms in total. The first-order chi connectivity index (χ1) is 13.5. The summed E-state index contributed by atoms with van der Waals surface area (Å²) in [4.78, 5) is 1.24. The molecule has 1 atom stereocenters. The third-order valence-corrected chi connectivity index (χ3v) is 7.46. The number of benzene rings is 1. The van der Waals surface area contributed by atoms with E-state index in [0.29, 0.717) is 24.6 Å². The summed E-state index contributed by atoms with van der Waals surface area (Å²) >= 11 is 1.55. The van der Waals surface area contributed by atoms with Gasteiger partial charge in [0.2, 0.25) is 10.0 Å². The lowest BCUT2D eigenvalue weighted by atomic mass is 10.2. The smallest absolute Gasteiger partial charge is 0.243 e. The molecule has 4 rings (SSSR count). The van der Waals surface area contributed by atoms with Crippen LogP contribution in [0.15, 0.2) is 57.3 Å². The van der Waals surface area contributed by atoms with E-state index < -0.39 is 10.0 Å². The van der Waals surface area contributed by atoms with Crippen LogP contribution in [0.2, 0.25) is 0 Å². The van der Waals surface area contributed by atoms with E-state index in [1.807, 2.05) is 36.6 Å². The van der Waals surface area contributed by atoms with E-state index in [1.165, 1.54) is 4.31 Å². The van der Waals surface area contributed by atoms with Gasteiger partial charge < -0.3 is 9.26 Å². The van der Waals surface area contributed by atoms with Gasteiger partial charge in [0.1, 0.15) is 0 Å². The van der Waals surface area contributed by atoms with Crippen LogP contribution in [-0.2, 0) is 21.3 Å². The third kappa shape index (κ3) is 4.20. The van der Waals surface area contributed by atoms with E-state index in [4.69, 9.17) is 9.26 Å². The molecule has 0 bridgehead atoms. The van der Waals surface area contributed by atoms with Gasteiger partial charge >= 0.3 is 0 Å². The van der Waals surface area contributed by atoms with Gasteiger partial charge in [0.15, 0.2) is 5.76 Å². The molecule has 1 aromatic carbocycles. The van der Waals surface area contributed by atoms with E-state index in [0.717, 1.165) is 23.3 Å². The summed E-state index contributed by atoms with van der Waals surface area (Å²) < 4.78 is 39.1. The minimum atomic E-state index is -3.67. The second-order valence-electron chi connectivity index (χ2n) is 6.91. The van der Waals surface area contributed by atoms with Crippen molar-refractivity contribution in [3.8, 4) is 10.6 Å². The van der Waals surface area contributed by atoms with Gasteiger partial charge in [-0.3, -0.25) is 0 Å².